The molecular formula is C24H27NO4S. The Morgan fingerprint density at radius 1 is 1.07 bits per heavy atom. The van der Waals surface area contributed by atoms with Gasteiger partial charge >= 0.3 is 0 Å². The predicted molar refractivity (Wildman–Crippen MR) is 117 cm³/mol. The standard InChI is InChI=1S/C24H27NO4S/c1-28-23-11-13-24(14-12-23)30(26,27)25-16-20-9-5-6-10-21(20)17-29-18-22(25)15-19-7-3-2-4-8-19/h2-11,13-14,22-23H,12,15-18H2,1H3. The van der Waals surface area contributed by atoms with Crippen molar-refractivity contribution in [2.75, 3.05) is 13.7 Å². The molecular weight excluding hydrogens is 398 g/mol. The SMILES string of the molecule is COC1C=CC(S(=O)(=O)N2Cc3ccccc3COCC2Cc2ccccc2)=CC1. The van der Waals surface area contributed by atoms with E-state index in [1.165, 1.54) is 0 Å². The minimum Gasteiger partial charge on any atom is -0.377 e. The largest absolute Gasteiger partial charge is 0.377 e. The summed E-state index contributed by atoms with van der Waals surface area (Å²) in [6, 6.07) is 17.6. The van der Waals surface area contributed by atoms with Gasteiger partial charge in [-0.1, -0.05) is 66.7 Å². The van der Waals surface area contributed by atoms with Crippen LogP contribution in [0.15, 0.2) is 77.7 Å². The highest BCUT2D eigenvalue weighted by Crippen LogP contribution is 2.28. The normalized spacial score (nSPS) is 22.6. The van der Waals surface area contributed by atoms with Crippen molar-refractivity contribution in [2.45, 2.75) is 38.1 Å². The molecule has 0 fully saturated rings. The molecule has 0 bridgehead atoms. The molecule has 2 atom stereocenters. The number of hydrogen-bond donors (Lipinski definition) is 0. The average molecular weight is 426 g/mol. The van der Waals surface area contributed by atoms with Crippen molar-refractivity contribution >= 4 is 10.0 Å². The smallest absolute Gasteiger partial charge is 0.243 e. The Labute approximate surface area is 178 Å². The van der Waals surface area contributed by atoms with Gasteiger partial charge in [-0.2, -0.15) is 4.31 Å². The molecule has 0 amide bonds. The van der Waals surface area contributed by atoms with Crippen LogP contribution in [0.3, 0.4) is 0 Å². The topological polar surface area (TPSA) is 55.8 Å². The first-order valence-electron chi connectivity index (χ1n) is 10.2. The molecule has 1 heterocycles. The van der Waals surface area contributed by atoms with Gasteiger partial charge in [0, 0.05) is 13.7 Å². The van der Waals surface area contributed by atoms with Crippen LogP contribution < -0.4 is 0 Å². The highest BCUT2D eigenvalue weighted by molar-refractivity contribution is 7.93. The molecule has 158 valence electrons. The van der Waals surface area contributed by atoms with Crippen LogP contribution in [-0.2, 0) is 39.1 Å². The van der Waals surface area contributed by atoms with Crippen LogP contribution in [-0.4, -0.2) is 38.6 Å². The Hall–Kier alpha value is -2.25. The first kappa shape index (κ1) is 21.0. The third-order valence-corrected chi connectivity index (χ3v) is 7.61. The molecule has 2 aliphatic rings. The molecule has 0 N–H and O–H groups in total. The molecule has 1 aliphatic carbocycles. The van der Waals surface area contributed by atoms with Gasteiger partial charge < -0.3 is 9.47 Å². The fourth-order valence-electron chi connectivity index (χ4n) is 3.95. The van der Waals surface area contributed by atoms with Crippen LogP contribution in [0, 0.1) is 0 Å². The summed E-state index contributed by atoms with van der Waals surface area (Å²) in [5.41, 5.74) is 3.10. The van der Waals surface area contributed by atoms with Gasteiger partial charge in [-0.3, -0.25) is 0 Å². The summed E-state index contributed by atoms with van der Waals surface area (Å²) in [6.45, 7) is 1.17. The molecule has 6 heteroatoms. The van der Waals surface area contributed by atoms with Crippen molar-refractivity contribution in [3.05, 3.63) is 94.4 Å². The summed E-state index contributed by atoms with van der Waals surface area (Å²) in [6.07, 6.45) is 6.30. The molecule has 0 saturated carbocycles. The van der Waals surface area contributed by atoms with Crippen LogP contribution in [0.2, 0.25) is 0 Å². The maximum atomic E-state index is 13.7. The molecule has 0 radical (unpaired) electrons. The fraction of sp³-hybridized carbons (Fsp3) is 0.333. The first-order chi connectivity index (χ1) is 14.6. The third-order valence-electron chi connectivity index (χ3n) is 5.67. The number of fused-ring (bicyclic) bond motifs is 1. The zero-order valence-electron chi connectivity index (χ0n) is 17.1. The molecule has 2 unspecified atom stereocenters. The number of sulfonamides is 1. The molecule has 30 heavy (non-hydrogen) atoms. The molecule has 2 aromatic carbocycles. The lowest BCUT2D eigenvalue weighted by molar-refractivity contribution is 0.0677. The summed E-state index contributed by atoms with van der Waals surface area (Å²) in [4.78, 5) is 0.326. The van der Waals surface area contributed by atoms with Crippen LogP contribution in [0.5, 0.6) is 0 Å². The molecule has 0 saturated heterocycles. The van der Waals surface area contributed by atoms with E-state index >= 15 is 0 Å². The number of hydrogen-bond acceptors (Lipinski definition) is 4. The van der Waals surface area contributed by atoms with Crippen LogP contribution in [0.1, 0.15) is 23.1 Å². The lowest BCUT2D eigenvalue weighted by atomic mass is 10.0. The highest BCUT2D eigenvalue weighted by Gasteiger charge is 2.35. The van der Waals surface area contributed by atoms with Gasteiger partial charge in [-0.25, -0.2) is 8.42 Å². The predicted octanol–water partition coefficient (Wildman–Crippen LogP) is 3.82. The Bertz CT molecular complexity index is 1030. The zero-order valence-corrected chi connectivity index (χ0v) is 17.9. The summed E-state index contributed by atoms with van der Waals surface area (Å²) in [5, 5.41) is 0. The molecule has 0 aromatic heterocycles. The number of rotatable bonds is 5. The summed E-state index contributed by atoms with van der Waals surface area (Å²) in [5.74, 6) is 0. The number of allylic oxidation sites excluding steroid dienone is 1. The van der Waals surface area contributed by atoms with E-state index < -0.39 is 10.0 Å². The number of methoxy groups -OCH3 is 1. The number of ether oxygens (including phenoxy) is 2. The highest BCUT2D eigenvalue weighted by atomic mass is 32.2. The molecule has 2 aromatic rings. The molecule has 4 rings (SSSR count). The van der Waals surface area contributed by atoms with E-state index in [4.69, 9.17) is 9.47 Å². The summed E-state index contributed by atoms with van der Waals surface area (Å²) < 4.78 is 40.3. The second kappa shape index (κ2) is 9.27. The van der Waals surface area contributed by atoms with Crippen molar-refractivity contribution in [1.29, 1.82) is 0 Å². The molecule has 5 nitrogen and oxygen atoms in total. The van der Waals surface area contributed by atoms with Crippen molar-refractivity contribution in [2.24, 2.45) is 0 Å². The van der Waals surface area contributed by atoms with Gasteiger partial charge in [0.05, 0.1) is 30.3 Å². The summed E-state index contributed by atoms with van der Waals surface area (Å²) in [7, 11) is -2.07. The van der Waals surface area contributed by atoms with E-state index in [9.17, 15) is 8.42 Å². The Morgan fingerprint density at radius 2 is 1.80 bits per heavy atom. The van der Waals surface area contributed by atoms with Crippen LogP contribution >= 0.6 is 0 Å². The maximum Gasteiger partial charge on any atom is 0.243 e. The Morgan fingerprint density at radius 3 is 2.50 bits per heavy atom. The van der Waals surface area contributed by atoms with Crippen molar-refractivity contribution in [1.82, 2.24) is 4.31 Å². The first-order valence-corrected chi connectivity index (χ1v) is 11.6. The van der Waals surface area contributed by atoms with Crippen LogP contribution in [0.25, 0.3) is 0 Å². The fourth-order valence-corrected chi connectivity index (χ4v) is 5.61. The monoisotopic (exact) mass is 425 g/mol. The van der Waals surface area contributed by atoms with E-state index in [1.807, 2.05) is 60.7 Å². The molecule has 0 spiro atoms. The molecule has 1 aliphatic heterocycles. The van der Waals surface area contributed by atoms with Crippen molar-refractivity contribution in [3.63, 3.8) is 0 Å². The van der Waals surface area contributed by atoms with Crippen LogP contribution in [0.4, 0.5) is 0 Å². The van der Waals surface area contributed by atoms with Crippen molar-refractivity contribution in [3.8, 4) is 0 Å². The van der Waals surface area contributed by atoms with E-state index in [2.05, 4.69) is 0 Å². The van der Waals surface area contributed by atoms with E-state index in [-0.39, 0.29) is 12.1 Å². The minimum absolute atomic E-state index is 0.0829. The lowest BCUT2D eigenvalue weighted by Crippen LogP contribution is -2.45. The average Bonchev–Trinajstić information content (AvgIpc) is 2.77. The quantitative estimate of drug-likeness (QED) is 0.731. The number of benzene rings is 2. The third kappa shape index (κ3) is 4.57. The second-order valence-electron chi connectivity index (χ2n) is 7.65. The van der Waals surface area contributed by atoms with Gasteiger partial charge in [0.25, 0.3) is 0 Å². The lowest BCUT2D eigenvalue weighted by Gasteiger charge is -2.34. The van der Waals surface area contributed by atoms with E-state index in [0.29, 0.717) is 37.5 Å². The zero-order chi connectivity index (χ0) is 21.0. The van der Waals surface area contributed by atoms with Gasteiger partial charge in [-0.05, 0) is 35.6 Å². The Balaban J connectivity index is 1.70. The number of nitrogens with zero attached hydrogens (tertiary/aromatic N) is 1. The second-order valence-corrected chi connectivity index (χ2v) is 9.54. The Kier molecular flexibility index (Phi) is 6.49. The van der Waals surface area contributed by atoms with Gasteiger partial charge in [0.1, 0.15) is 0 Å². The van der Waals surface area contributed by atoms with E-state index in [0.717, 1.165) is 16.7 Å². The summed E-state index contributed by atoms with van der Waals surface area (Å²) >= 11 is 0. The maximum absolute atomic E-state index is 13.7. The van der Waals surface area contributed by atoms with Gasteiger partial charge in [-0.15, -0.1) is 0 Å². The van der Waals surface area contributed by atoms with Gasteiger partial charge in [0.15, 0.2) is 0 Å². The minimum atomic E-state index is -3.70. The van der Waals surface area contributed by atoms with E-state index in [1.54, 1.807) is 23.6 Å². The van der Waals surface area contributed by atoms with Crippen molar-refractivity contribution < 1.29 is 17.9 Å². The van der Waals surface area contributed by atoms with Gasteiger partial charge in [0.2, 0.25) is 10.0 Å².